The molecular formula is C8H10ClN3O3. The molecule has 2 amide bonds. The Kier molecular flexibility index (Phi) is 3.21. The molecule has 0 radical (unpaired) electrons. The van der Waals surface area contributed by atoms with Gasteiger partial charge in [0.05, 0.1) is 6.42 Å². The standard InChI is InChI=1S/C8H10ClN3O3/c1-12-8(14)5-3(2-4(10)13)6(9)15-7(5)11/h2,11H2,1H3,(H2,10,13)(H,12,14). The SMILES string of the molecule is CNC(=O)c1c(N)oc(Cl)c1CC(N)=O. The number of amides is 2. The predicted octanol–water partition coefficient (Wildman–Crippen LogP) is -0.0974. The van der Waals surface area contributed by atoms with Crippen LogP contribution >= 0.6 is 11.6 Å². The van der Waals surface area contributed by atoms with E-state index in [9.17, 15) is 9.59 Å². The van der Waals surface area contributed by atoms with Gasteiger partial charge in [0.25, 0.3) is 5.91 Å². The summed E-state index contributed by atoms with van der Waals surface area (Å²) in [6.07, 6.45) is -0.192. The van der Waals surface area contributed by atoms with Gasteiger partial charge in [0.2, 0.25) is 11.8 Å². The van der Waals surface area contributed by atoms with Gasteiger partial charge in [-0.1, -0.05) is 0 Å². The van der Waals surface area contributed by atoms with Gasteiger partial charge in [0.1, 0.15) is 5.56 Å². The van der Waals surface area contributed by atoms with E-state index in [0.717, 1.165) is 0 Å². The molecule has 15 heavy (non-hydrogen) atoms. The second-order valence-corrected chi connectivity index (χ2v) is 3.16. The number of nitrogen functional groups attached to an aromatic ring is 1. The molecule has 0 unspecified atom stereocenters. The van der Waals surface area contributed by atoms with Gasteiger partial charge in [0.15, 0.2) is 5.22 Å². The Morgan fingerprint density at radius 3 is 2.60 bits per heavy atom. The van der Waals surface area contributed by atoms with Crippen LogP contribution in [0.15, 0.2) is 4.42 Å². The maximum Gasteiger partial charge on any atom is 0.256 e. The molecule has 5 N–H and O–H groups in total. The van der Waals surface area contributed by atoms with Gasteiger partial charge in [-0.05, 0) is 11.6 Å². The van der Waals surface area contributed by atoms with E-state index in [1.165, 1.54) is 7.05 Å². The van der Waals surface area contributed by atoms with Crippen LogP contribution in [0.3, 0.4) is 0 Å². The van der Waals surface area contributed by atoms with Gasteiger partial charge >= 0.3 is 0 Å². The van der Waals surface area contributed by atoms with Crippen molar-refractivity contribution in [3.63, 3.8) is 0 Å². The molecule has 1 heterocycles. The first-order valence-corrected chi connectivity index (χ1v) is 4.42. The number of carbonyl (C=O) groups is 2. The first-order valence-electron chi connectivity index (χ1n) is 4.04. The fraction of sp³-hybridized carbons (Fsp3) is 0.250. The van der Waals surface area contributed by atoms with Gasteiger partial charge in [-0.3, -0.25) is 9.59 Å². The second-order valence-electron chi connectivity index (χ2n) is 2.82. The van der Waals surface area contributed by atoms with Gasteiger partial charge in [-0.2, -0.15) is 0 Å². The molecule has 0 bridgehead atoms. The van der Waals surface area contributed by atoms with E-state index in [0.29, 0.717) is 0 Å². The molecule has 0 atom stereocenters. The van der Waals surface area contributed by atoms with Crippen molar-refractivity contribution in [2.24, 2.45) is 5.73 Å². The van der Waals surface area contributed by atoms with Crippen molar-refractivity contribution >= 4 is 29.3 Å². The smallest absolute Gasteiger partial charge is 0.256 e. The minimum absolute atomic E-state index is 0.0568. The summed E-state index contributed by atoms with van der Waals surface area (Å²) in [4.78, 5) is 22.1. The molecule has 0 spiro atoms. The summed E-state index contributed by atoms with van der Waals surface area (Å²) in [7, 11) is 1.43. The molecule has 82 valence electrons. The van der Waals surface area contributed by atoms with E-state index >= 15 is 0 Å². The number of halogens is 1. The van der Waals surface area contributed by atoms with Crippen molar-refractivity contribution < 1.29 is 14.0 Å². The molecule has 0 aliphatic carbocycles. The topological polar surface area (TPSA) is 111 Å². The molecule has 1 aromatic heterocycles. The molecule has 0 saturated carbocycles. The van der Waals surface area contributed by atoms with Crippen molar-refractivity contribution in [2.75, 3.05) is 12.8 Å². The summed E-state index contributed by atoms with van der Waals surface area (Å²) in [6.45, 7) is 0. The summed E-state index contributed by atoms with van der Waals surface area (Å²) in [5, 5.41) is 2.27. The highest BCUT2D eigenvalue weighted by atomic mass is 35.5. The summed E-state index contributed by atoms with van der Waals surface area (Å²) in [6, 6.07) is 0. The lowest BCUT2D eigenvalue weighted by Crippen LogP contribution is -2.22. The number of anilines is 1. The van der Waals surface area contributed by atoms with E-state index in [1.807, 2.05) is 0 Å². The van der Waals surface area contributed by atoms with Crippen LogP contribution < -0.4 is 16.8 Å². The molecule has 6 nitrogen and oxygen atoms in total. The van der Waals surface area contributed by atoms with Crippen LogP contribution in [-0.2, 0) is 11.2 Å². The lowest BCUT2D eigenvalue weighted by molar-refractivity contribution is -0.117. The molecule has 1 rings (SSSR count). The average molecular weight is 232 g/mol. The number of hydrogen-bond acceptors (Lipinski definition) is 4. The Balaban J connectivity index is 3.22. The van der Waals surface area contributed by atoms with E-state index in [1.54, 1.807) is 0 Å². The van der Waals surface area contributed by atoms with E-state index in [4.69, 9.17) is 27.5 Å². The lowest BCUT2D eigenvalue weighted by Gasteiger charge is -2.00. The van der Waals surface area contributed by atoms with Crippen molar-refractivity contribution in [2.45, 2.75) is 6.42 Å². The molecule has 1 aromatic rings. The number of nitrogens with one attached hydrogen (secondary N) is 1. The highest BCUT2D eigenvalue weighted by Crippen LogP contribution is 2.29. The molecule has 0 aromatic carbocycles. The fourth-order valence-corrected chi connectivity index (χ4v) is 1.41. The van der Waals surface area contributed by atoms with Gasteiger partial charge in [-0.25, -0.2) is 0 Å². The van der Waals surface area contributed by atoms with Crippen LogP contribution in [-0.4, -0.2) is 18.9 Å². The van der Waals surface area contributed by atoms with Crippen LogP contribution in [0.1, 0.15) is 15.9 Å². The normalized spacial score (nSPS) is 10.0. The summed E-state index contributed by atoms with van der Waals surface area (Å²) >= 11 is 5.66. The zero-order chi connectivity index (χ0) is 11.6. The number of furan rings is 1. The van der Waals surface area contributed by atoms with Crippen LogP contribution in [0.2, 0.25) is 5.22 Å². The molecule has 0 saturated heterocycles. The first-order chi connectivity index (χ1) is 6.97. The zero-order valence-electron chi connectivity index (χ0n) is 7.96. The second kappa shape index (κ2) is 4.22. The third-order valence-electron chi connectivity index (χ3n) is 1.79. The first kappa shape index (κ1) is 11.4. The number of rotatable bonds is 3. The number of hydrogen-bond donors (Lipinski definition) is 3. The lowest BCUT2D eigenvalue weighted by atomic mass is 10.1. The Hall–Kier alpha value is -1.69. The molecular weight excluding hydrogens is 222 g/mol. The van der Waals surface area contributed by atoms with Crippen molar-refractivity contribution in [3.8, 4) is 0 Å². The molecule has 0 aliphatic rings. The average Bonchev–Trinajstić information content (AvgIpc) is 2.40. The van der Waals surface area contributed by atoms with E-state index in [-0.39, 0.29) is 28.7 Å². The summed E-state index contributed by atoms with van der Waals surface area (Å²) in [5.74, 6) is -1.22. The molecule has 7 heteroatoms. The quantitative estimate of drug-likeness (QED) is 0.675. The highest BCUT2D eigenvalue weighted by Gasteiger charge is 2.23. The van der Waals surface area contributed by atoms with Gasteiger partial charge in [-0.15, -0.1) is 0 Å². The van der Waals surface area contributed by atoms with Crippen LogP contribution in [0.5, 0.6) is 0 Å². The minimum atomic E-state index is -0.622. The van der Waals surface area contributed by atoms with Crippen molar-refractivity contribution in [1.82, 2.24) is 5.32 Å². The predicted molar refractivity (Wildman–Crippen MR) is 54.4 cm³/mol. The van der Waals surface area contributed by atoms with Gasteiger partial charge in [0, 0.05) is 12.6 Å². The zero-order valence-corrected chi connectivity index (χ0v) is 8.72. The Morgan fingerprint density at radius 2 is 2.13 bits per heavy atom. The van der Waals surface area contributed by atoms with E-state index in [2.05, 4.69) is 5.32 Å². The maximum atomic E-state index is 11.4. The maximum absolute atomic E-state index is 11.4. The molecule has 0 fully saturated rings. The minimum Gasteiger partial charge on any atom is -0.428 e. The van der Waals surface area contributed by atoms with Crippen LogP contribution in [0.4, 0.5) is 5.88 Å². The Morgan fingerprint density at radius 1 is 1.53 bits per heavy atom. The van der Waals surface area contributed by atoms with Crippen molar-refractivity contribution in [3.05, 3.63) is 16.3 Å². The Labute approximate surface area is 90.5 Å². The number of carbonyl (C=O) groups excluding carboxylic acids is 2. The van der Waals surface area contributed by atoms with Gasteiger partial charge < -0.3 is 21.2 Å². The van der Waals surface area contributed by atoms with E-state index < -0.39 is 11.8 Å². The third kappa shape index (κ3) is 2.21. The largest absolute Gasteiger partial charge is 0.428 e. The summed E-state index contributed by atoms with van der Waals surface area (Å²) < 4.78 is 4.84. The number of primary amides is 1. The fourth-order valence-electron chi connectivity index (χ4n) is 1.16. The van der Waals surface area contributed by atoms with Crippen LogP contribution in [0.25, 0.3) is 0 Å². The van der Waals surface area contributed by atoms with Crippen molar-refractivity contribution in [1.29, 1.82) is 0 Å². The number of nitrogens with two attached hydrogens (primary N) is 2. The highest BCUT2D eigenvalue weighted by molar-refractivity contribution is 6.30. The third-order valence-corrected chi connectivity index (χ3v) is 2.10. The van der Waals surface area contributed by atoms with Crippen LogP contribution in [0, 0.1) is 0 Å². The summed E-state index contributed by atoms with van der Waals surface area (Å²) in [5.41, 5.74) is 10.7. The molecule has 0 aliphatic heterocycles. The Bertz CT molecular complexity index is 414. The monoisotopic (exact) mass is 231 g/mol.